The van der Waals surface area contributed by atoms with Crippen molar-refractivity contribution < 1.29 is 8.42 Å². The van der Waals surface area contributed by atoms with Gasteiger partial charge in [0.1, 0.15) is 28.5 Å². The van der Waals surface area contributed by atoms with Gasteiger partial charge in [-0.3, -0.25) is 9.36 Å². The highest BCUT2D eigenvalue weighted by molar-refractivity contribution is 7.89. The standard InChI is InChI=1S/C27H29N7O3S/c28-16-23-24-25(27(35)33(19-30-24)15-13-31-38(36,37)22-11-5-2-6-12-22)34(17-20-8-3-1-4-9-20)26(23)32-14-7-10-21(29)18-32/h1-6,8-9,11-12,19,21,31H,7,10,13-15,17-18,29H2/t21-/m0/s1. The first kappa shape index (κ1) is 25.7. The molecule has 5 rings (SSSR count). The Kier molecular flexibility index (Phi) is 7.28. The molecule has 3 N–H and O–H groups in total. The Morgan fingerprint density at radius 3 is 2.50 bits per heavy atom. The van der Waals surface area contributed by atoms with Gasteiger partial charge >= 0.3 is 0 Å². The highest BCUT2D eigenvalue weighted by Crippen LogP contribution is 2.32. The lowest BCUT2D eigenvalue weighted by Gasteiger charge is -2.33. The third-order valence-corrected chi connectivity index (χ3v) is 8.23. The van der Waals surface area contributed by atoms with Gasteiger partial charge in [0.15, 0.2) is 0 Å². The van der Waals surface area contributed by atoms with Gasteiger partial charge in [-0.2, -0.15) is 5.26 Å². The maximum absolute atomic E-state index is 13.8. The Balaban J connectivity index is 1.54. The van der Waals surface area contributed by atoms with E-state index in [1.807, 2.05) is 34.9 Å². The molecule has 1 saturated heterocycles. The minimum Gasteiger partial charge on any atom is -0.355 e. The third-order valence-electron chi connectivity index (χ3n) is 6.75. The first-order valence-electron chi connectivity index (χ1n) is 12.5. The van der Waals surface area contributed by atoms with Crippen molar-refractivity contribution in [3.63, 3.8) is 0 Å². The maximum atomic E-state index is 13.8. The predicted molar refractivity (Wildman–Crippen MR) is 145 cm³/mol. The lowest BCUT2D eigenvalue weighted by molar-refractivity contribution is 0.498. The molecule has 11 heteroatoms. The minimum absolute atomic E-state index is 0.00264. The van der Waals surface area contributed by atoms with Crippen LogP contribution in [-0.2, 0) is 23.1 Å². The number of rotatable bonds is 8. The van der Waals surface area contributed by atoms with Crippen LogP contribution in [-0.4, -0.2) is 48.2 Å². The first-order chi connectivity index (χ1) is 18.4. The molecule has 4 aromatic rings. The summed E-state index contributed by atoms with van der Waals surface area (Å²) in [4.78, 5) is 20.5. The summed E-state index contributed by atoms with van der Waals surface area (Å²) in [5.41, 5.74) is 7.90. The second kappa shape index (κ2) is 10.8. The van der Waals surface area contributed by atoms with Crippen molar-refractivity contribution in [1.29, 1.82) is 5.26 Å². The van der Waals surface area contributed by atoms with Gasteiger partial charge in [-0.1, -0.05) is 48.5 Å². The van der Waals surface area contributed by atoms with Gasteiger partial charge in [-0.15, -0.1) is 0 Å². The van der Waals surface area contributed by atoms with E-state index in [-0.39, 0.29) is 29.6 Å². The zero-order chi connectivity index (χ0) is 26.7. The number of nitriles is 1. The number of nitrogens with zero attached hydrogens (tertiary/aromatic N) is 5. The molecule has 2 aromatic carbocycles. The van der Waals surface area contributed by atoms with Gasteiger partial charge in [-0.05, 0) is 30.5 Å². The molecule has 38 heavy (non-hydrogen) atoms. The highest BCUT2D eigenvalue weighted by Gasteiger charge is 2.28. The summed E-state index contributed by atoms with van der Waals surface area (Å²) in [7, 11) is -3.71. The number of hydrogen-bond acceptors (Lipinski definition) is 7. The molecule has 0 saturated carbocycles. The molecule has 0 spiro atoms. The molecule has 0 aliphatic carbocycles. The number of nitrogens with two attached hydrogens (primary N) is 1. The number of hydrogen-bond donors (Lipinski definition) is 2. The number of nitrogens with one attached hydrogen (secondary N) is 1. The van der Waals surface area contributed by atoms with Gasteiger partial charge in [0.05, 0.1) is 11.2 Å². The maximum Gasteiger partial charge on any atom is 0.278 e. The number of aromatic nitrogens is 3. The van der Waals surface area contributed by atoms with Crippen molar-refractivity contribution in [1.82, 2.24) is 18.8 Å². The topological polar surface area (TPSA) is 139 Å². The van der Waals surface area contributed by atoms with Crippen LogP contribution < -0.4 is 20.9 Å². The Morgan fingerprint density at radius 2 is 1.82 bits per heavy atom. The van der Waals surface area contributed by atoms with Crippen LogP contribution in [0.4, 0.5) is 5.82 Å². The van der Waals surface area contributed by atoms with E-state index in [0.29, 0.717) is 35.5 Å². The van der Waals surface area contributed by atoms with E-state index in [1.54, 1.807) is 18.2 Å². The molecule has 0 unspecified atom stereocenters. The van der Waals surface area contributed by atoms with Crippen molar-refractivity contribution >= 4 is 26.9 Å². The Morgan fingerprint density at radius 1 is 1.11 bits per heavy atom. The molecule has 1 aliphatic rings. The lowest BCUT2D eigenvalue weighted by Crippen LogP contribution is -2.44. The van der Waals surface area contributed by atoms with Crippen LogP contribution in [0.25, 0.3) is 11.0 Å². The monoisotopic (exact) mass is 531 g/mol. The van der Waals surface area contributed by atoms with E-state index in [2.05, 4.69) is 20.7 Å². The van der Waals surface area contributed by atoms with E-state index < -0.39 is 10.0 Å². The fourth-order valence-corrected chi connectivity index (χ4v) is 5.99. The summed E-state index contributed by atoms with van der Waals surface area (Å²) in [6, 6.07) is 20.0. The molecule has 2 aromatic heterocycles. The van der Waals surface area contributed by atoms with Gasteiger partial charge < -0.3 is 15.2 Å². The molecule has 10 nitrogen and oxygen atoms in total. The zero-order valence-electron chi connectivity index (χ0n) is 20.8. The molecule has 0 bridgehead atoms. The summed E-state index contributed by atoms with van der Waals surface area (Å²) < 4.78 is 31.0. The van der Waals surface area contributed by atoms with Gasteiger partial charge in [0, 0.05) is 38.8 Å². The van der Waals surface area contributed by atoms with Crippen LogP contribution in [0.1, 0.15) is 24.0 Å². The summed E-state index contributed by atoms with van der Waals surface area (Å²) >= 11 is 0. The van der Waals surface area contributed by atoms with E-state index >= 15 is 0 Å². The number of benzene rings is 2. The number of fused-ring (bicyclic) bond motifs is 1. The van der Waals surface area contributed by atoms with E-state index in [9.17, 15) is 18.5 Å². The molecule has 1 fully saturated rings. The van der Waals surface area contributed by atoms with Crippen molar-refractivity contribution in [2.24, 2.45) is 5.73 Å². The molecular formula is C27H29N7O3S. The third kappa shape index (κ3) is 5.06. The number of anilines is 1. The molecular weight excluding hydrogens is 502 g/mol. The molecule has 1 atom stereocenters. The van der Waals surface area contributed by atoms with Gasteiger partial charge in [0.2, 0.25) is 10.0 Å². The van der Waals surface area contributed by atoms with Gasteiger partial charge in [0.25, 0.3) is 5.56 Å². The average molecular weight is 532 g/mol. The van der Waals surface area contributed by atoms with Crippen molar-refractivity contribution in [3.8, 4) is 6.07 Å². The lowest BCUT2D eigenvalue weighted by atomic mass is 10.1. The summed E-state index contributed by atoms with van der Waals surface area (Å²) in [5, 5.41) is 10.1. The highest BCUT2D eigenvalue weighted by atomic mass is 32.2. The van der Waals surface area contributed by atoms with Gasteiger partial charge in [-0.25, -0.2) is 18.1 Å². The average Bonchev–Trinajstić information content (AvgIpc) is 3.24. The number of piperidine rings is 1. The minimum atomic E-state index is -3.71. The molecule has 0 radical (unpaired) electrons. The quantitative estimate of drug-likeness (QED) is 0.355. The summed E-state index contributed by atoms with van der Waals surface area (Å²) in [6.07, 6.45) is 3.17. The van der Waals surface area contributed by atoms with Crippen LogP contribution in [0.2, 0.25) is 0 Å². The van der Waals surface area contributed by atoms with Crippen LogP contribution in [0, 0.1) is 11.3 Å². The van der Waals surface area contributed by atoms with Crippen molar-refractivity contribution in [3.05, 3.63) is 88.5 Å². The smallest absolute Gasteiger partial charge is 0.278 e. The molecule has 0 amide bonds. The first-order valence-corrected chi connectivity index (χ1v) is 14.0. The molecule has 3 heterocycles. The van der Waals surface area contributed by atoms with Crippen LogP contribution in [0.15, 0.2) is 76.7 Å². The van der Waals surface area contributed by atoms with Crippen molar-refractivity contribution in [2.75, 3.05) is 24.5 Å². The van der Waals surface area contributed by atoms with E-state index in [1.165, 1.54) is 23.0 Å². The van der Waals surface area contributed by atoms with Crippen molar-refractivity contribution in [2.45, 2.75) is 36.9 Å². The van der Waals surface area contributed by atoms with Crippen LogP contribution in [0.5, 0.6) is 0 Å². The summed E-state index contributed by atoms with van der Waals surface area (Å²) in [5.74, 6) is 0.647. The Labute approximate surface area is 221 Å². The van der Waals surface area contributed by atoms with Crippen LogP contribution in [0.3, 0.4) is 0 Å². The molecule has 196 valence electrons. The second-order valence-electron chi connectivity index (χ2n) is 9.38. The normalized spacial score (nSPS) is 16.0. The fourth-order valence-electron chi connectivity index (χ4n) is 4.95. The van der Waals surface area contributed by atoms with E-state index in [0.717, 1.165) is 24.9 Å². The SMILES string of the molecule is N#Cc1c(N2CCC[C@H](N)C2)n(Cc2ccccc2)c2c(=O)n(CCNS(=O)(=O)c3ccccc3)cnc12. The Hall–Kier alpha value is -3.98. The largest absolute Gasteiger partial charge is 0.355 e. The van der Waals surface area contributed by atoms with Crippen LogP contribution >= 0.6 is 0 Å². The second-order valence-corrected chi connectivity index (χ2v) is 11.1. The fraction of sp³-hybridized carbons (Fsp3) is 0.296. The predicted octanol–water partition coefficient (Wildman–Crippen LogP) is 2.02. The summed E-state index contributed by atoms with van der Waals surface area (Å²) in [6.45, 7) is 1.76. The van der Waals surface area contributed by atoms with E-state index in [4.69, 9.17) is 5.73 Å². The zero-order valence-corrected chi connectivity index (χ0v) is 21.6. The number of sulfonamides is 1. The Bertz CT molecular complexity index is 1640. The molecule has 1 aliphatic heterocycles.